The fraction of sp³-hybridized carbons (Fsp3) is 0.167. The highest BCUT2D eigenvalue weighted by molar-refractivity contribution is 7.92. The first-order valence-corrected chi connectivity index (χ1v) is 9.49. The molecule has 2 N–H and O–H groups in total. The van der Waals surface area contributed by atoms with Crippen molar-refractivity contribution in [2.45, 2.75) is 12.8 Å². The summed E-state index contributed by atoms with van der Waals surface area (Å²) in [6.45, 7) is 0.256. The fourth-order valence-corrected chi connectivity index (χ4v) is 3.07. The number of benzene rings is 2. The number of aliphatic carboxylic acids is 1. The van der Waals surface area contributed by atoms with Crippen LogP contribution >= 0.6 is 11.6 Å². The molecule has 25 heavy (non-hydrogen) atoms. The van der Waals surface area contributed by atoms with E-state index < -0.39 is 16.0 Å². The van der Waals surface area contributed by atoms with Gasteiger partial charge in [-0.1, -0.05) is 48.0 Å². The average Bonchev–Trinajstić information content (AvgIpc) is 2.55. The molecule has 0 aromatic heterocycles. The summed E-state index contributed by atoms with van der Waals surface area (Å²) in [6, 6.07) is 13.9. The smallest absolute Gasteiger partial charge is 0.307 e. The Labute approximate surface area is 152 Å². The van der Waals surface area contributed by atoms with E-state index in [1.165, 1.54) is 6.08 Å². The van der Waals surface area contributed by atoms with Crippen LogP contribution < -0.4 is 4.72 Å². The van der Waals surface area contributed by atoms with Crippen LogP contribution in [-0.2, 0) is 27.7 Å². The molecular weight excluding hydrogens is 362 g/mol. The van der Waals surface area contributed by atoms with Crippen LogP contribution in [-0.4, -0.2) is 26.0 Å². The lowest BCUT2D eigenvalue weighted by atomic mass is 10.1. The average molecular weight is 380 g/mol. The first kappa shape index (κ1) is 19.2. The summed E-state index contributed by atoms with van der Waals surface area (Å²) in [5, 5.41) is 10.4. The number of carboxylic acid groups (broad SMARTS) is 1. The van der Waals surface area contributed by atoms with Crippen LogP contribution in [0.5, 0.6) is 0 Å². The number of hydrogen-bond donors (Lipinski definition) is 2. The largest absolute Gasteiger partial charge is 0.481 e. The molecule has 0 aliphatic carbocycles. The second kappa shape index (κ2) is 8.80. The number of nitrogens with one attached hydrogen (secondary N) is 1. The van der Waals surface area contributed by atoms with Gasteiger partial charge in [0.25, 0.3) is 0 Å². The zero-order valence-corrected chi connectivity index (χ0v) is 14.9. The molecule has 2 aromatic rings. The monoisotopic (exact) mass is 379 g/mol. The van der Waals surface area contributed by atoms with Crippen LogP contribution in [0, 0.1) is 0 Å². The van der Waals surface area contributed by atoms with Crippen molar-refractivity contribution in [2.75, 3.05) is 6.54 Å². The van der Waals surface area contributed by atoms with Crippen molar-refractivity contribution in [3.05, 3.63) is 75.7 Å². The van der Waals surface area contributed by atoms with Gasteiger partial charge in [0.15, 0.2) is 0 Å². The predicted molar refractivity (Wildman–Crippen MR) is 98.9 cm³/mol. The van der Waals surface area contributed by atoms with E-state index in [4.69, 9.17) is 16.7 Å². The summed E-state index contributed by atoms with van der Waals surface area (Å²) in [4.78, 5) is 10.6. The molecule has 0 fully saturated rings. The van der Waals surface area contributed by atoms with Gasteiger partial charge in [0.05, 0.1) is 6.42 Å². The third-order valence-electron chi connectivity index (χ3n) is 3.40. The van der Waals surface area contributed by atoms with Gasteiger partial charge in [0.1, 0.15) is 0 Å². The third-order valence-corrected chi connectivity index (χ3v) is 4.76. The quantitative estimate of drug-likeness (QED) is 0.738. The van der Waals surface area contributed by atoms with E-state index in [1.54, 1.807) is 48.5 Å². The number of carboxylic acids is 1. The standard InChI is InChI=1S/C18H18ClNO4S/c19-17-7-5-15(6-8-17)10-12-25(23,24)20-11-9-14-1-3-16(4-2-14)13-18(21)22/h1-8,10,12,20H,9,11,13H2,(H,21,22). The molecule has 0 spiro atoms. The number of carbonyl (C=O) groups is 1. The molecule has 2 rings (SSSR count). The summed E-state index contributed by atoms with van der Waals surface area (Å²) in [7, 11) is -3.53. The molecule has 0 bridgehead atoms. The minimum absolute atomic E-state index is 0.0254. The van der Waals surface area contributed by atoms with E-state index in [0.717, 1.165) is 16.5 Å². The van der Waals surface area contributed by atoms with Gasteiger partial charge in [-0.3, -0.25) is 4.79 Å². The summed E-state index contributed by atoms with van der Waals surface area (Å²) in [5.74, 6) is -0.881. The molecular formula is C18H18ClNO4S. The first-order valence-electron chi connectivity index (χ1n) is 7.57. The van der Waals surface area contributed by atoms with Gasteiger partial charge < -0.3 is 5.11 Å². The first-order chi connectivity index (χ1) is 11.8. The maximum atomic E-state index is 11.9. The van der Waals surface area contributed by atoms with Crippen molar-refractivity contribution in [3.8, 4) is 0 Å². The van der Waals surface area contributed by atoms with Crippen molar-refractivity contribution in [2.24, 2.45) is 0 Å². The highest BCUT2D eigenvalue weighted by atomic mass is 35.5. The van der Waals surface area contributed by atoms with Gasteiger partial charge in [-0.2, -0.15) is 0 Å². The van der Waals surface area contributed by atoms with Gasteiger partial charge in [0.2, 0.25) is 10.0 Å². The van der Waals surface area contributed by atoms with Gasteiger partial charge in [-0.25, -0.2) is 13.1 Å². The molecule has 0 radical (unpaired) electrons. The molecule has 0 atom stereocenters. The summed E-state index contributed by atoms with van der Waals surface area (Å²) < 4.78 is 26.4. The Balaban J connectivity index is 1.85. The van der Waals surface area contributed by atoms with Crippen LogP contribution in [0.3, 0.4) is 0 Å². The van der Waals surface area contributed by atoms with Crippen molar-refractivity contribution >= 4 is 33.7 Å². The second-order valence-corrected chi connectivity index (χ2v) is 7.52. The molecule has 7 heteroatoms. The number of sulfonamides is 1. The van der Waals surface area contributed by atoms with E-state index in [1.807, 2.05) is 0 Å². The van der Waals surface area contributed by atoms with Crippen molar-refractivity contribution in [1.29, 1.82) is 0 Å². The Hall–Kier alpha value is -2.15. The molecule has 0 unspecified atom stereocenters. The van der Waals surface area contributed by atoms with Gasteiger partial charge >= 0.3 is 5.97 Å². The zero-order chi connectivity index (χ0) is 18.3. The van der Waals surface area contributed by atoms with Crippen LogP contribution in [0.1, 0.15) is 16.7 Å². The molecule has 132 valence electrons. The molecule has 0 aliphatic heterocycles. The van der Waals surface area contributed by atoms with Crippen molar-refractivity contribution < 1.29 is 18.3 Å². The Morgan fingerprint density at radius 3 is 2.24 bits per heavy atom. The van der Waals surface area contributed by atoms with Crippen LogP contribution in [0.4, 0.5) is 0 Å². The fourth-order valence-electron chi connectivity index (χ4n) is 2.13. The molecule has 0 saturated heterocycles. The topological polar surface area (TPSA) is 83.5 Å². The number of halogens is 1. The second-order valence-electron chi connectivity index (χ2n) is 5.43. The SMILES string of the molecule is O=C(O)Cc1ccc(CCNS(=O)(=O)C=Cc2ccc(Cl)cc2)cc1. The molecule has 0 amide bonds. The Kier molecular flexibility index (Phi) is 6.75. The predicted octanol–water partition coefficient (Wildman–Crippen LogP) is 3.10. The molecule has 2 aromatic carbocycles. The maximum Gasteiger partial charge on any atom is 0.307 e. The summed E-state index contributed by atoms with van der Waals surface area (Å²) >= 11 is 5.78. The minimum Gasteiger partial charge on any atom is -0.481 e. The minimum atomic E-state index is -3.53. The Morgan fingerprint density at radius 1 is 1.04 bits per heavy atom. The highest BCUT2D eigenvalue weighted by Gasteiger charge is 2.05. The molecule has 0 heterocycles. The summed E-state index contributed by atoms with van der Waals surface area (Å²) in [5.41, 5.74) is 2.38. The van der Waals surface area contributed by atoms with Crippen molar-refractivity contribution in [1.82, 2.24) is 4.72 Å². The van der Waals surface area contributed by atoms with Crippen LogP contribution in [0.15, 0.2) is 53.9 Å². The third kappa shape index (κ3) is 7.09. The number of rotatable bonds is 8. The lowest BCUT2D eigenvalue weighted by Crippen LogP contribution is -2.23. The lowest BCUT2D eigenvalue weighted by Gasteiger charge is -2.04. The van der Waals surface area contributed by atoms with E-state index in [-0.39, 0.29) is 13.0 Å². The zero-order valence-electron chi connectivity index (χ0n) is 13.4. The summed E-state index contributed by atoms with van der Waals surface area (Å²) in [6.07, 6.45) is 1.99. The normalized spacial score (nSPS) is 11.7. The lowest BCUT2D eigenvalue weighted by molar-refractivity contribution is -0.136. The maximum absolute atomic E-state index is 11.9. The molecule has 0 saturated carbocycles. The van der Waals surface area contributed by atoms with Gasteiger partial charge in [-0.15, -0.1) is 0 Å². The highest BCUT2D eigenvalue weighted by Crippen LogP contribution is 2.11. The van der Waals surface area contributed by atoms with Crippen molar-refractivity contribution in [3.63, 3.8) is 0 Å². The van der Waals surface area contributed by atoms with E-state index in [2.05, 4.69) is 4.72 Å². The molecule has 0 aliphatic rings. The van der Waals surface area contributed by atoms with Gasteiger partial charge in [-0.05, 0) is 41.3 Å². The van der Waals surface area contributed by atoms with E-state index >= 15 is 0 Å². The molecule has 5 nitrogen and oxygen atoms in total. The van der Waals surface area contributed by atoms with Crippen LogP contribution in [0.2, 0.25) is 5.02 Å². The van der Waals surface area contributed by atoms with Crippen LogP contribution in [0.25, 0.3) is 6.08 Å². The Morgan fingerprint density at radius 2 is 1.64 bits per heavy atom. The Bertz CT molecular complexity index is 844. The van der Waals surface area contributed by atoms with E-state index in [9.17, 15) is 13.2 Å². The van der Waals surface area contributed by atoms with Gasteiger partial charge in [0, 0.05) is 17.0 Å². The van der Waals surface area contributed by atoms with E-state index in [0.29, 0.717) is 17.0 Å². The number of hydrogen-bond acceptors (Lipinski definition) is 3.